The molecule has 0 fully saturated rings. The quantitative estimate of drug-likeness (QED) is 0.653. The molecule has 1 rings (SSSR count). The van der Waals surface area contributed by atoms with Gasteiger partial charge in [0.1, 0.15) is 18.1 Å². The number of ether oxygens (including phenoxy) is 1. The van der Waals surface area contributed by atoms with Gasteiger partial charge in [-0.05, 0) is 0 Å². The molecule has 1 aromatic heterocycles. The van der Waals surface area contributed by atoms with Crippen LogP contribution in [0.4, 0.5) is 11.5 Å². The maximum absolute atomic E-state index is 11.7. The van der Waals surface area contributed by atoms with Crippen LogP contribution in [0.15, 0.2) is 9.59 Å². The lowest BCUT2D eigenvalue weighted by Crippen LogP contribution is -2.40. The Bertz CT molecular complexity index is 557. The molecular weight excluding hydrogens is 228 g/mol. The highest BCUT2D eigenvalue weighted by Crippen LogP contribution is 2.08. The number of carbonyl (C=O) groups is 1. The van der Waals surface area contributed by atoms with Crippen molar-refractivity contribution in [2.75, 3.05) is 24.8 Å². The highest BCUT2D eigenvalue weighted by Gasteiger charge is 2.15. The number of aromatic nitrogens is 2. The van der Waals surface area contributed by atoms with E-state index in [1.54, 1.807) is 0 Å². The molecule has 1 heterocycles. The summed E-state index contributed by atoms with van der Waals surface area (Å²) < 4.78 is 6.54. The molecule has 0 radical (unpaired) electrons. The van der Waals surface area contributed by atoms with Crippen molar-refractivity contribution in [1.29, 1.82) is 0 Å². The van der Waals surface area contributed by atoms with Gasteiger partial charge in [0.05, 0.1) is 0 Å². The third-order valence-corrected chi connectivity index (χ3v) is 2.25. The van der Waals surface area contributed by atoms with Crippen LogP contribution in [0, 0.1) is 0 Å². The van der Waals surface area contributed by atoms with Crippen LogP contribution in [0.25, 0.3) is 0 Å². The number of anilines is 2. The zero-order valence-corrected chi connectivity index (χ0v) is 9.81. The van der Waals surface area contributed by atoms with Crippen LogP contribution in [0.5, 0.6) is 0 Å². The van der Waals surface area contributed by atoms with Gasteiger partial charge in [0, 0.05) is 21.2 Å². The van der Waals surface area contributed by atoms with E-state index in [1.807, 2.05) is 0 Å². The number of hydrogen-bond acceptors (Lipinski definition) is 5. The maximum atomic E-state index is 11.7. The first-order valence-electron chi connectivity index (χ1n) is 4.74. The lowest BCUT2D eigenvalue weighted by Gasteiger charge is -2.11. The van der Waals surface area contributed by atoms with E-state index in [4.69, 9.17) is 5.73 Å². The van der Waals surface area contributed by atoms with Crippen molar-refractivity contribution in [3.63, 3.8) is 0 Å². The van der Waals surface area contributed by atoms with E-state index in [0.717, 1.165) is 9.13 Å². The first-order chi connectivity index (χ1) is 7.90. The van der Waals surface area contributed by atoms with Crippen molar-refractivity contribution >= 4 is 17.4 Å². The van der Waals surface area contributed by atoms with Crippen LogP contribution in [0.2, 0.25) is 0 Å². The van der Waals surface area contributed by atoms with E-state index in [9.17, 15) is 14.4 Å². The third kappa shape index (κ3) is 2.36. The number of nitrogens with zero attached hydrogens (tertiary/aromatic N) is 2. The normalized spacial score (nSPS) is 10.3. The second-order valence-electron chi connectivity index (χ2n) is 3.45. The molecule has 8 heteroatoms. The Morgan fingerprint density at radius 3 is 2.47 bits per heavy atom. The topological polar surface area (TPSA) is 108 Å². The second kappa shape index (κ2) is 4.83. The van der Waals surface area contributed by atoms with Crippen LogP contribution >= 0.6 is 0 Å². The Balaban J connectivity index is 3.31. The molecule has 1 amide bonds. The highest BCUT2D eigenvalue weighted by atomic mass is 16.5. The molecule has 0 saturated carbocycles. The molecule has 0 bridgehead atoms. The molecule has 0 aliphatic carbocycles. The molecule has 0 aromatic carbocycles. The Kier molecular flexibility index (Phi) is 3.69. The fourth-order valence-corrected chi connectivity index (χ4v) is 1.28. The van der Waals surface area contributed by atoms with Crippen LogP contribution in [-0.2, 0) is 23.6 Å². The first kappa shape index (κ1) is 13.0. The molecule has 94 valence electrons. The molecule has 0 aliphatic heterocycles. The number of nitrogens with one attached hydrogen (secondary N) is 1. The molecule has 3 N–H and O–H groups in total. The predicted octanol–water partition coefficient (Wildman–Crippen LogP) is -1.75. The predicted molar refractivity (Wildman–Crippen MR) is 61.8 cm³/mol. The zero-order chi connectivity index (χ0) is 13.2. The minimum atomic E-state index is -0.657. The fraction of sp³-hybridized carbons (Fsp3) is 0.444. The van der Waals surface area contributed by atoms with Gasteiger partial charge < -0.3 is 15.8 Å². The van der Waals surface area contributed by atoms with Crippen LogP contribution in [-0.4, -0.2) is 28.8 Å². The van der Waals surface area contributed by atoms with Gasteiger partial charge in [0.25, 0.3) is 11.5 Å². The van der Waals surface area contributed by atoms with E-state index in [2.05, 4.69) is 10.1 Å². The van der Waals surface area contributed by atoms with Gasteiger partial charge in [-0.3, -0.25) is 18.7 Å². The van der Waals surface area contributed by atoms with Gasteiger partial charge in [-0.25, -0.2) is 4.79 Å². The summed E-state index contributed by atoms with van der Waals surface area (Å²) in [6.45, 7) is -0.203. The van der Waals surface area contributed by atoms with Crippen LogP contribution < -0.4 is 22.3 Å². The van der Waals surface area contributed by atoms with Crippen LogP contribution in [0.3, 0.4) is 0 Å². The monoisotopic (exact) mass is 242 g/mol. The van der Waals surface area contributed by atoms with Crippen molar-refractivity contribution in [3.8, 4) is 0 Å². The number of rotatable bonds is 3. The summed E-state index contributed by atoms with van der Waals surface area (Å²) in [4.78, 5) is 34.5. The summed E-state index contributed by atoms with van der Waals surface area (Å²) in [7, 11) is 4.06. The Hall–Kier alpha value is -2.09. The summed E-state index contributed by atoms with van der Waals surface area (Å²) in [5.41, 5.74) is 4.25. The minimum Gasteiger partial charge on any atom is -0.383 e. The summed E-state index contributed by atoms with van der Waals surface area (Å²) in [6.07, 6.45) is 0. The summed E-state index contributed by atoms with van der Waals surface area (Å²) in [5, 5.41) is 2.31. The standard InChI is InChI=1S/C9H14N4O4/c1-12-7(10)6(11-5(14)4-17-3)8(15)13(2)9(12)16/h4,10H2,1-3H3,(H,11,14). The third-order valence-electron chi connectivity index (χ3n) is 2.25. The minimum absolute atomic E-state index is 0.0949. The number of amides is 1. The molecule has 0 aliphatic rings. The smallest absolute Gasteiger partial charge is 0.332 e. The van der Waals surface area contributed by atoms with Gasteiger partial charge in [-0.15, -0.1) is 0 Å². The average Bonchev–Trinajstić information content (AvgIpc) is 2.30. The van der Waals surface area contributed by atoms with Gasteiger partial charge in [-0.2, -0.15) is 0 Å². The molecule has 8 nitrogen and oxygen atoms in total. The largest absolute Gasteiger partial charge is 0.383 e. The van der Waals surface area contributed by atoms with Crippen LogP contribution in [0.1, 0.15) is 0 Å². The molecule has 1 aromatic rings. The summed E-state index contributed by atoms with van der Waals surface area (Å²) in [6, 6.07) is 0. The van der Waals surface area contributed by atoms with Crippen molar-refractivity contribution in [3.05, 3.63) is 20.8 Å². The number of nitrogen functional groups attached to an aromatic ring is 1. The molecule has 17 heavy (non-hydrogen) atoms. The summed E-state index contributed by atoms with van der Waals surface area (Å²) in [5.74, 6) is -0.613. The number of nitrogens with two attached hydrogens (primary N) is 1. The van der Waals surface area contributed by atoms with E-state index in [0.29, 0.717) is 0 Å². The van der Waals surface area contributed by atoms with Gasteiger partial charge in [0.15, 0.2) is 0 Å². The maximum Gasteiger partial charge on any atom is 0.332 e. The molecule has 0 unspecified atom stereocenters. The van der Waals surface area contributed by atoms with E-state index < -0.39 is 17.2 Å². The van der Waals surface area contributed by atoms with Crippen molar-refractivity contribution in [1.82, 2.24) is 9.13 Å². The van der Waals surface area contributed by atoms with Crippen molar-refractivity contribution in [2.45, 2.75) is 0 Å². The summed E-state index contributed by atoms with van der Waals surface area (Å²) >= 11 is 0. The van der Waals surface area contributed by atoms with Crippen molar-refractivity contribution in [2.24, 2.45) is 14.1 Å². The molecule has 0 atom stereocenters. The van der Waals surface area contributed by atoms with Gasteiger partial charge >= 0.3 is 5.69 Å². The molecule has 0 spiro atoms. The lowest BCUT2D eigenvalue weighted by molar-refractivity contribution is -0.119. The number of methoxy groups -OCH3 is 1. The number of carbonyl (C=O) groups excluding carboxylic acids is 1. The fourth-order valence-electron chi connectivity index (χ4n) is 1.28. The first-order valence-corrected chi connectivity index (χ1v) is 4.74. The lowest BCUT2D eigenvalue weighted by atomic mass is 10.4. The Morgan fingerprint density at radius 1 is 1.35 bits per heavy atom. The average molecular weight is 242 g/mol. The zero-order valence-electron chi connectivity index (χ0n) is 9.81. The van der Waals surface area contributed by atoms with Gasteiger partial charge in [0.2, 0.25) is 0 Å². The van der Waals surface area contributed by atoms with Gasteiger partial charge in [-0.1, -0.05) is 0 Å². The molecule has 0 saturated heterocycles. The SMILES string of the molecule is COCC(=O)Nc1c(N)n(C)c(=O)n(C)c1=O. The number of hydrogen-bond donors (Lipinski definition) is 2. The molecular formula is C9H14N4O4. The van der Waals surface area contributed by atoms with E-state index in [-0.39, 0.29) is 18.1 Å². The van der Waals surface area contributed by atoms with E-state index in [1.165, 1.54) is 21.2 Å². The van der Waals surface area contributed by atoms with Crippen molar-refractivity contribution < 1.29 is 9.53 Å². The Morgan fingerprint density at radius 2 is 1.94 bits per heavy atom. The van der Waals surface area contributed by atoms with E-state index >= 15 is 0 Å². The second-order valence-corrected chi connectivity index (χ2v) is 3.45. The highest BCUT2D eigenvalue weighted by molar-refractivity contribution is 5.93. The Labute approximate surface area is 96.6 Å².